The van der Waals surface area contributed by atoms with E-state index in [-0.39, 0.29) is 0 Å². The second kappa shape index (κ2) is 5.35. The Bertz CT molecular complexity index is 606. The molecule has 1 atom stereocenters. The summed E-state index contributed by atoms with van der Waals surface area (Å²) in [5.74, 6) is 0. The van der Waals surface area contributed by atoms with Crippen molar-refractivity contribution in [2.24, 2.45) is 0 Å². The Labute approximate surface area is 126 Å². The molecule has 0 aliphatic heterocycles. The molecular formula is C15H17BrN2S. The van der Waals surface area contributed by atoms with Gasteiger partial charge in [0.05, 0.1) is 5.69 Å². The van der Waals surface area contributed by atoms with Crippen LogP contribution in [0.4, 0.5) is 0 Å². The van der Waals surface area contributed by atoms with Gasteiger partial charge in [0.25, 0.3) is 0 Å². The fourth-order valence-corrected chi connectivity index (χ4v) is 4.18. The number of nitrogens with zero attached hydrogens (tertiary/aromatic N) is 1. The van der Waals surface area contributed by atoms with Gasteiger partial charge in [-0.05, 0) is 44.9 Å². The molecule has 2 aromatic rings. The summed E-state index contributed by atoms with van der Waals surface area (Å²) in [4.78, 5) is 6.28. The average Bonchev–Trinajstić information content (AvgIpc) is 2.85. The molecule has 0 spiro atoms. The van der Waals surface area contributed by atoms with Gasteiger partial charge in [0.2, 0.25) is 0 Å². The van der Waals surface area contributed by atoms with Crippen LogP contribution in [0.1, 0.15) is 35.0 Å². The van der Waals surface area contributed by atoms with Gasteiger partial charge in [-0.25, -0.2) is 4.98 Å². The molecule has 1 aliphatic carbocycles. The fourth-order valence-electron chi connectivity index (χ4n) is 2.54. The van der Waals surface area contributed by atoms with Crippen molar-refractivity contribution >= 4 is 27.3 Å². The number of benzene rings is 1. The van der Waals surface area contributed by atoms with Crippen LogP contribution in [-0.2, 0) is 6.42 Å². The first kappa shape index (κ1) is 13.3. The van der Waals surface area contributed by atoms with Crippen LogP contribution in [0.25, 0.3) is 10.6 Å². The van der Waals surface area contributed by atoms with E-state index in [1.54, 1.807) is 0 Å². The summed E-state index contributed by atoms with van der Waals surface area (Å²) >= 11 is 5.45. The third-order valence-corrected chi connectivity index (χ3v) is 5.83. The third kappa shape index (κ3) is 2.49. The van der Waals surface area contributed by atoms with E-state index in [0.717, 1.165) is 15.9 Å². The standard InChI is InChI=1S/C15H17BrN2S/c1-9-6-7-10(8-11(9)16)15-18-13-5-3-4-12(17-2)14(13)19-15/h6-8,12,17H,3-5H2,1-2H3. The van der Waals surface area contributed by atoms with E-state index in [0.29, 0.717) is 6.04 Å². The highest BCUT2D eigenvalue weighted by atomic mass is 79.9. The van der Waals surface area contributed by atoms with Crippen molar-refractivity contribution in [2.75, 3.05) is 7.05 Å². The SMILES string of the molecule is CNC1CCCc2nc(-c3ccc(C)c(Br)c3)sc21. The van der Waals surface area contributed by atoms with E-state index < -0.39 is 0 Å². The van der Waals surface area contributed by atoms with Crippen LogP contribution in [0.5, 0.6) is 0 Å². The van der Waals surface area contributed by atoms with Crippen LogP contribution in [0.3, 0.4) is 0 Å². The van der Waals surface area contributed by atoms with Crippen molar-refractivity contribution in [3.63, 3.8) is 0 Å². The Morgan fingerprint density at radius 2 is 2.26 bits per heavy atom. The molecule has 0 saturated heterocycles. The number of aryl methyl sites for hydroxylation is 2. The largest absolute Gasteiger partial charge is 0.312 e. The van der Waals surface area contributed by atoms with Crippen molar-refractivity contribution in [1.29, 1.82) is 0 Å². The van der Waals surface area contributed by atoms with Crippen molar-refractivity contribution in [2.45, 2.75) is 32.2 Å². The predicted octanol–water partition coefficient (Wildman–Crippen LogP) is 4.48. The van der Waals surface area contributed by atoms with Gasteiger partial charge in [-0.3, -0.25) is 0 Å². The lowest BCUT2D eigenvalue weighted by molar-refractivity contribution is 0.501. The van der Waals surface area contributed by atoms with Gasteiger partial charge in [-0.2, -0.15) is 0 Å². The molecule has 0 amide bonds. The van der Waals surface area contributed by atoms with Gasteiger partial charge < -0.3 is 5.32 Å². The van der Waals surface area contributed by atoms with Crippen molar-refractivity contribution in [1.82, 2.24) is 10.3 Å². The maximum atomic E-state index is 4.85. The summed E-state index contributed by atoms with van der Waals surface area (Å²) in [5.41, 5.74) is 3.77. The van der Waals surface area contributed by atoms with Crippen LogP contribution in [0.15, 0.2) is 22.7 Å². The maximum absolute atomic E-state index is 4.85. The molecule has 0 saturated carbocycles. The molecule has 1 aliphatic rings. The summed E-state index contributed by atoms with van der Waals surface area (Å²) in [6.45, 7) is 2.11. The quantitative estimate of drug-likeness (QED) is 0.874. The Morgan fingerprint density at radius 3 is 3.00 bits per heavy atom. The van der Waals surface area contributed by atoms with Gasteiger partial charge in [-0.1, -0.05) is 28.1 Å². The highest BCUT2D eigenvalue weighted by Gasteiger charge is 2.23. The fraction of sp³-hybridized carbons (Fsp3) is 0.400. The molecule has 1 unspecified atom stereocenters. The zero-order valence-corrected chi connectivity index (χ0v) is 13.6. The second-order valence-corrected chi connectivity index (χ2v) is 6.91. The lowest BCUT2D eigenvalue weighted by Gasteiger charge is -2.19. The summed E-state index contributed by atoms with van der Waals surface area (Å²) in [5, 5.41) is 4.55. The van der Waals surface area contributed by atoms with Crippen LogP contribution in [0.2, 0.25) is 0 Å². The molecule has 3 rings (SSSR count). The number of rotatable bonds is 2. The van der Waals surface area contributed by atoms with Crippen LogP contribution in [0, 0.1) is 6.92 Å². The summed E-state index contributed by atoms with van der Waals surface area (Å²) in [7, 11) is 2.04. The second-order valence-electron chi connectivity index (χ2n) is 5.03. The normalized spacial score (nSPS) is 18.4. The van der Waals surface area contributed by atoms with E-state index >= 15 is 0 Å². The van der Waals surface area contributed by atoms with Crippen LogP contribution >= 0.6 is 27.3 Å². The van der Waals surface area contributed by atoms with Gasteiger partial charge in [0.1, 0.15) is 5.01 Å². The summed E-state index contributed by atoms with van der Waals surface area (Å²) in [6.07, 6.45) is 3.58. The molecule has 0 radical (unpaired) electrons. The van der Waals surface area contributed by atoms with Crippen LogP contribution < -0.4 is 5.32 Å². The summed E-state index contributed by atoms with van der Waals surface area (Å²) in [6, 6.07) is 6.98. The van der Waals surface area contributed by atoms with Crippen LogP contribution in [-0.4, -0.2) is 12.0 Å². The minimum atomic E-state index is 0.490. The number of aromatic nitrogens is 1. The van der Waals surface area contributed by atoms with E-state index in [2.05, 4.69) is 46.4 Å². The molecule has 1 heterocycles. The number of hydrogen-bond acceptors (Lipinski definition) is 3. The molecule has 2 nitrogen and oxygen atoms in total. The highest BCUT2D eigenvalue weighted by molar-refractivity contribution is 9.10. The Kier molecular flexibility index (Phi) is 3.74. The molecule has 1 N–H and O–H groups in total. The molecule has 0 fully saturated rings. The number of thiazole rings is 1. The molecular weight excluding hydrogens is 320 g/mol. The first-order chi connectivity index (χ1) is 9.19. The van der Waals surface area contributed by atoms with E-state index in [1.165, 1.54) is 34.5 Å². The van der Waals surface area contributed by atoms with Crippen molar-refractivity contribution in [3.8, 4) is 10.6 Å². The van der Waals surface area contributed by atoms with E-state index in [4.69, 9.17) is 4.98 Å². The maximum Gasteiger partial charge on any atom is 0.123 e. The minimum absolute atomic E-state index is 0.490. The molecule has 1 aromatic heterocycles. The number of fused-ring (bicyclic) bond motifs is 1. The monoisotopic (exact) mass is 336 g/mol. The topological polar surface area (TPSA) is 24.9 Å². The third-order valence-electron chi connectivity index (χ3n) is 3.72. The first-order valence-electron chi connectivity index (χ1n) is 6.62. The molecule has 0 bridgehead atoms. The van der Waals surface area contributed by atoms with Crippen molar-refractivity contribution in [3.05, 3.63) is 38.8 Å². The lowest BCUT2D eigenvalue weighted by Crippen LogP contribution is -2.19. The zero-order valence-electron chi connectivity index (χ0n) is 11.2. The summed E-state index contributed by atoms with van der Waals surface area (Å²) < 4.78 is 1.16. The zero-order chi connectivity index (χ0) is 13.4. The van der Waals surface area contributed by atoms with Gasteiger partial charge in [0, 0.05) is 21.0 Å². The van der Waals surface area contributed by atoms with Gasteiger partial charge in [-0.15, -0.1) is 11.3 Å². The van der Waals surface area contributed by atoms with Crippen molar-refractivity contribution < 1.29 is 0 Å². The lowest BCUT2D eigenvalue weighted by atomic mass is 9.98. The minimum Gasteiger partial charge on any atom is -0.312 e. The Balaban J connectivity index is 2.02. The number of nitrogens with one attached hydrogen (secondary N) is 1. The Hall–Kier alpha value is -0.710. The van der Waals surface area contributed by atoms with Gasteiger partial charge in [0.15, 0.2) is 0 Å². The molecule has 4 heteroatoms. The van der Waals surface area contributed by atoms with E-state index in [9.17, 15) is 0 Å². The molecule has 1 aromatic carbocycles. The predicted molar refractivity (Wildman–Crippen MR) is 84.7 cm³/mol. The van der Waals surface area contributed by atoms with Gasteiger partial charge >= 0.3 is 0 Å². The number of halogens is 1. The highest BCUT2D eigenvalue weighted by Crippen LogP contribution is 2.38. The smallest absolute Gasteiger partial charge is 0.123 e. The average molecular weight is 337 g/mol. The first-order valence-corrected chi connectivity index (χ1v) is 8.23. The Morgan fingerprint density at radius 1 is 1.42 bits per heavy atom. The van der Waals surface area contributed by atoms with E-state index in [1.807, 2.05) is 18.4 Å². The molecule has 19 heavy (non-hydrogen) atoms. The molecule has 100 valence electrons. The number of hydrogen-bond donors (Lipinski definition) is 1.